The molecular formula is C22H28N2O5S. The Bertz CT molecular complexity index is 954. The molecule has 0 spiro atoms. The third-order valence-corrected chi connectivity index (χ3v) is 5.61. The van der Waals surface area contributed by atoms with E-state index in [2.05, 4.69) is 17.6 Å². The lowest BCUT2D eigenvalue weighted by atomic mass is 10.1. The van der Waals surface area contributed by atoms with Gasteiger partial charge in [0.1, 0.15) is 5.75 Å². The first-order valence-corrected chi connectivity index (χ1v) is 11.7. The van der Waals surface area contributed by atoms with Gasteiger partial charge in [-0.3, -0.25) is 9.59 Å². The van der Waals surface area contributed by atoms with Crippen LogP contribution in [0.5, 0.6) is 5.75 Å². The smallest absolute Gasteiger partial charge is 0.251 e. The summed E-state index contributed by atoms with van der Waals surface area (Å²) in [6.07, 6.45) is 3.16. The number of carbonyl (C=O) groups is 2. The fourth-order valence-corrected chi connectivity index (χ4v) is 3.31. The maximum Gasteiger partial charge on any atom is 0.251 e. The molecule has 162 valence electrons. The number of amides is 2. The van der Waals surface area contributed by atoms with Crippen molar-refractivity contribution >= 4 is 21.7 Å². The quantitative estimate of drug-likeness (QED) is 0.562. The molecule has 2 aromatic rings. The number of nitrogens with one attached hydrogen (secondary N) is 2. The van der Waals surface area contributed by atoms with E-state index in [1.54, 1.807) is 43.3 Å². The molecule has 0 saturated heterocycles. The van der Waals surface area contributed by atoms with Crippen molar-refractivity contribution in [1.82, 2.24) is 10.6 Å². The van der Waals surface area contributed by atoms with Crippen LogP contribution >= 0.6 is 0 Å². The van der Waals surface area contributed by atoms with E-state index in [-0.39, 0.29) is 29.3 Å². The molecule has 0 radical (unpaired) electrons. The number of ether oxygens (including phenoxy) is 1. The van der Waals surface area contributed by atoms with E-state index < -0.39 is 9.84 Å². The monoisotopic (exact) mass is 432 g/mol. The SMILES string of the molecule is CCCCOc1ccc(C(=O)NCC(=O)NC(C)c2ccc(S(C)(=O)=O)cc2)cc1. The largest absolute Gasteiger partial charge is 0.494 e. The lowest BCUT2D eigenvalue weighted by Gasteiger charge is -2.15. The number of hydrogen-bond acceptors (Lipinski definition) is 5. The van der Waals surface area contributed by atoms with Crippen LogP contribution in [-0.4, -0.2) is 39.6 Å². The van der Waals surface area contributed by atoms with Crippen LogP contribution < -0.4 is 15.4 Å². The van der Waals surface area contributed by atoms with Gasteiger partial charge in [0.05, 0.1) is 24.1 Å². The standard InChI is InChI=1S/C22H28N2O5S/c1-4-5-14-29-19-10-6-18(7-11-19)22(26)23-15-21(25)24-16(2)17-8-12-20(13-9-17)30(3,27)28/h6-13,16H,4-5,14-15H2,1-3H3,(H,23,26)(H,24,25). The molecule has 0 aliphatic rings. The summed E-state index contributed by atoms with van der Waals surface area (Å²) >= 11 is 0. The average Bonchev–Trinajstić information content (AvgIpc) is 2.72. The molecule has 0 aliphatic carbocycles. The molecule has 7 nitrogen and oxygen atoms in total. The molecular weight excluding hydrogens is 404 g/mol. The number of unbranched alkanes of at least 4 members (excludes halogenated alkanes) is 1. The molecule has 2 aromatic carbocycles. The summed E-state index contributed by atoms with van der Waals surface area (Å²) < 4.78 is 28.6. The molecule has 2 amide bonds. The van der Waals surface area contributed by atoms with Crippen LogP contribution in [-0.2, 0) is 14.6 Å². The highest BCUT2D eigenvalue weighted by molar-refractivity contribution is 7.90. The fraction of sp³-hybridized carbons (Fsp3) is 0.364. The van der Waals surface area contributed by atoms with E-state index in [0.717, 1.165) is 24.7 Å². The molecule has 0 fully saturated rings. The molecule has 2 rings (SSSR count). The molecule has 0 saturated carbocycles. The van der Waals surface area contributed by atoms with Gasteiger partial charge in [-0.15, -0.1) is 0 Å². The highest BCUT2D eigenvalue weighted by atomic mass is 32.2. The molecule has 0 heterocycles. The van der Waals surface area contributed by atoms with Crippen LogP contribution in [0.15, 0.2) is 53.4 Å². The van der Waals surface area contributed by atoms with Gasteiger partial charge in [0.2, 0.25) is 5.91 Å². The van der Waals surface area contributed by atoms with E-state index >= 15 is 0 Å². The van der Waals surface area contributed by atoms with Gasteiger partial charge in [-0.1, -0.05) is 25.5 Å². The van der Waals surface area contributed by atoms with E-state index in [4.69, 9.17) is 4.74 Å². The number of sulfone groups is 1. The first-order chi connectivity index (χ1) is 14.2. The summed E-state index contributed by atoms with van der Waals surface area (Å²) in [5.41, 5.74) is 1.20. The number of carbonyl (C=O) groups excluding carboxylic acids is 2. The molecule has 2 N–H and O–H groups in total. The van der Waals surface area contributed by atoms with Crippen LogP contribution in [0.2, 0.25) is 0 Å². The Balaban J connectivity index is 1.82. The van der Waals surface area contributed by atoms with Crippen molar-refractivity contribution in [3.05, 3.63) is 59.7 Å². The number of hydrogen-bond donors (Lipinski definition) is 2. The van der Waals surface area contributed by atoms with Crippen LogP contribution in [0.4, 0.5) is 0 Å². The third kappa shape index (κ3) is 7.18. The predicted octanol–water partition coefficient (Wildman–Crippen LogP) is 2.88. The van der Waals surface area contributed by atoms with Crippen molar-refractivity contribution in [2.24, 2.45) is 0 Å². The zero-order valence-corrected chi connectivity index (χ0v) is 18.3. The fourth-order valence-electron chi connectivity index (χ4n) is 2.68. The molecule has 0 aliphatic heterocycles. The summed E-state index contributed by atoms with van der Waals surface area (Å²) in [7, 11) is -3.26. The second kappa shape index (κ2) is 10.8. The lowest BCUT2D eigenvalue weighted by molar-refractivity contribution is -0.120. The molecule has 0 aromatic heterocycles. The average molecular weight is 433 g/mol. The minimum absolute atomic E-state index is 0.167. The molecule has 0 bridgehead atoms. The Hall–Kier alpha value is -2.87. The molecule has 1 atom stereocenters. The lowest BCUT2D eigenvalue weighted by Crippen LogP contribution is -2.38. The van der Waals surface area contributed by atoms with Gasteiger partial charge in [0.15, 0.2) is 9.84 Å². The van der Waals surface area contributed by atoms with E-state index in [1.807, 2.05) is 0 Å². The molecule has 8 heteroatoms. The van der Waals surface area contributed by atoms with Crippen molar-refractivity contribution in [2.75, 3.05) is 19.4 Å². The van der Waals surface area contributed by atoms with Crippen molar-refractivity contribution in [2.45, 2.75) is 37.6 Å². The van der Waals surface area contributed by atoms with Crippen LogP contribution in [0.1, 0.15) is 48.7 Å². The highest BCUT2D eigenvalue weighted by Crippen LogP contribution is 2.16. The van der Waals surface area contributed by atoms with Crippen molar-refractivity contribution in [1.29, 1.82) is 0 Å². The summed E-state index contributed by atoms with van der Waals surface area (Å²) in [6, 6.07) is 12.8. The van der Waals surface area contributed by atoms with E-state index in [9.17, 15) is 18.0 Å². The number of benzene rings is 2. The first kappa shape index (κ1) is 23.4. The van der Waals surface area contributed by atoms with Crippen molar-refractivity contribution < 1.29 is 22.7 Å². The zero-order valence-electron chi connectivity index (χ0n) is 17.5. The van der Waals surface area contributed by atoms with Crippen molar-refractivity contribution in [3.63, 3.8) is 0 Å². The minimum Gasteiger partial charge on any atom is -0.494 e. The Morgan fingerprint density at radius 3 is 2.23 bits per heavy atom. The third-order valence-electron chi connectivity index (χ3n) is 4.48. The second-order valence-electron chi connectivity index (χ2n) is 7.04. The summed E-state index contributed by atoms with van der Waals surface area (Å²) in [4.78, 5) is 24.6. The molecule has 30 heavy (non-hydrogen) atoms. The van der Waals surface area contributed by atoms with Crippen molar-refractivity contribution in [3.8, 4) is 5.75 Å². The van der Waals surface area contributed by atoms with E-state index in [1.165, 1.54) is 12.1 Å². The predicted molar refractivity (Wildman–Crippen MR) is 115 cm³/mol. The Morgan fingerprint density at radius 2 is 1.67 bits per heavy atom. The summed E-state index contributed by atoms with van der Waals surface area (Å²) in [5.74, 6) is 0.00596. The number of rotatable bonds is 10. The van der Waals surface area contributed by atoms with Gasteiger partial charge in [0.25, 0.3) is 5.91 Å². The maximum atomic E-state index is 12.2. The van der Waals surface area contributed by atoms with E-state index in [0.29, 0.717) is 17.9 Å². The Kier molecular flexibility index (Phi) is 8.41. The maximum absolute atomic E-state index is 12.2. The topological polar surface area (TPSA) is 102 Å². The van der Waals surface area contributed by atoms with Gasteiger partial charge >= 0.3 is 0 Å². The van der Waals surface area contributed by atoms with Gasteiger partial charge in [-0.25, -0.2) is 8.42 Å². The normalized spacial score (nSPS) is 12.1. The Labute approximate surface area is 177 Å². The first-order valence-electron chi connectivity index (χ1n) is 9.81. The van der Waals surface area contributed by atoms with Crippen LogP contribution in [0.25, 0.3) is 0 Å². The highest BCUT2D eigenvalue weighted by Gasteiger charge is 2.13. The minimum atomic E-state index is -3.26. The van der Waals surface area contributed by atoms with Gasteiger partial charge < -0.3 is 15.4 Å². The van der Waals surface area contributed by atoms with Crippen LogP contribution in [0, 0.1) is 0 Å². The molecule has 1 unspecified atom stereocenters. The van der Waals surface area contributed by atoms with Gasteiger partial charge in [-0.2, -0.15) is 0 Å². The Morgan fingerprint density at radius 1 is 1.03 bits per heavy atom. The zero-order chi connectivity index (χ0) is 22.1. The summed E-state index contributed by atoms with van der Waals surface area (Å²) in [5, 5.41) is 5.36. The van der Waals surface area contributed by atoms with Crippen LogP contribution in [0.3, 0.4) is 0 Å². The summed E-state index contributed by atoms with van der Waals surface area (Å²) in [6.45, 7) is 4.34. The second-order valence-corrected chi connectivity index (χ2v) is 9.06. The van der Waals surface area contributed by atoms with Gasteiger partial charge in [0, 0.05) is 11.8 Å². The van der Waals surface area contributed by atoms with Gasteiger partial charge in [-0.05, 0) is 55.3 Å².